The van der Waals surface area contributed by atoms with Crippen LogP contribution in [0.5, 0.6) is 5.75 Å². The molecule has 7 nitrogen and oxygen atoms in total. The molecule has 27 heavy (non-hydrogen) atoms. The third-order valence-electron chi connectivity index (χ3n) is 4.92. The molecule has 8 heteroatoms. The van der Waals surface area contributed by atoms with Crippen molar-refractivity contribution >= 4 is 21.6 Å². The number of anilines is 1. The lowest BCUT2D eigenvalue weighted by molar-refractivity contribution is -0.124. The lowest BCUT2D eigenvalue weighted by Crippen LogP contribution is -2.51. The quantitative estimate of drug-likeness (QED) is 0.666. The van der Waals surface area contributed by atoms with Crippen LogP contribution in [0.15, 0.2) is 24.3 Å². The van der Waals surface area contributed by atoms with Crippen LogP contribution in [0.3, 0.4) is 0 Å². The topological polar surface area (TPSA) is 87.7 Å². The van der Waals surface area contributed by atoms with Crippen LogP contribution in [-0.2, 0) is 14.8 Å². The molecule has 1 amide bonds. The Morgan fingerprint density at radius 2 is 1.96 bits per heavy atom. The number of nitrogens with zero attached hydrogens (tertiary/aromatic N) is 1. The summed E-state index contributed by atoms with van der Waals surface area (Å²) in [6.45, 7) is 8.41. The molecule has 1 heterocycles. The molecular weight excluding hydrogens is 366 g/mol. The number of hydrogen-bond acceptors (Lipinski definition) is 5. The van der Waals surface area contributed by atoms with Gasteiger partial charge in [-0.3, -0.25) is 14.4 Å². The Kier molecular flexibility index (Phi) is 7.11. The van der Waals surface area contributed by atoms with Crippen molar-refractivity contribution in [3.05, 3.63) is 24.3 Å². The predicted molar refractivity (Wildman–Crippen MR) is 107 cm³/mol. The van der Waals surface area contributed by atoms with Gasteiger partial charge < -0.3 is 10.1 Å². The van der Waals surface area contributed by atoms with Gasteiger partial charge in [-0.25, -0.2) is 8.42 Å². The van der Waals surface area contributed by atoms with E-state index in [1.54, 1.807) is 31.2 Å². The van der Waals surface area contributed by atoms with E-state index in [1.807, 2.05) is 0 Å². The van der Waals surface area contributed by atoms with Gasteiger partial charge in [0.15, 0.2) is 0 Å². The number of likely N-dealkylation sites (tertiary alicyclic amines) is 1. The maximum Gasteiger partial charge on any atom is 0.233 e. The molecule has 1 saturated heterocycles. The molecule has 1 fully saturated rings. The Morgan fingerprint density at radius 3 is 2.59 bits per heavy atom. The monoisotopic (exact) mass is 397 g/mol. The molecule has 0 aromatic heterocycles. The third kappa shape index (κ3) is 6.39. The zero-order valence-corrected chi connectivity index (χ0v) is 17.4. The van der Waals surface area contributed by atoms with Gasteiger partial charge in [0.2, 0.25) is 15.9 Å². The molecule has 1 aliphatic rings. The van der Waals surface area contributed by atoms with Crippen LogP contribution in [-0.4, -0.2) is 57.3 Å². The Hall–Kier alpha value is -1.80. The number of nitrogens with one attached hydrogen (secondary N) is 2. The second-order valence-electron chi connectivity index (χ2n) is 7.74. The van der Waals surface area contributed by atoms with Crippen LogP contribution in [0.25, 0.3) is 0 Å². The van der Waals surface area contributed by atoms with Crippen LogP contribution >= 0.6 is 0 Å². The van der Waals surface area contributed by atoms with E-state index in [0.717, 1.165) is 13.1 Å². The second-order valence-corrected chi connectivity index (χ2v) is 9.51. The van der Waals surface area contributed by atoms with E-state index in [9.17, 15) is 13.2 Å². The van der Waals surface area contributed by atoms with Crippen LogP contribution < -0.4 is 14.8 Å². The summed E-state index contributed by atoms with van der Waals surface area (Å²) < 4.78 is 32.4. The second kappa shape index (κ2) is 8.93. The van der Waals surface area contributed by atoms with Crippen molar-refractivity contribution in [2.75, 3.05) is 37.2 Å². The molecule has 1 unspecified atom stereocenters. The lowest BCUT2D eigenvalue weighted by Gasteiger charge is -2.35. The number of benzene rings is 1. The smallest absolute Gasteiger partial charge is 0.233 e. The summed E-state index contributed by atoms with van der Waals surface area (Å²) in [6, 6.07) is 6.67. The fraction of sp³-hybridized carbons (Fsp3) is 0.632. The van der Waals surface area contributed by atoms with Crippen molar-refractivity contribution in [2.45, 2.75) is 39.2 Å². The number of ether oxygens (including phenoxy) is 1. The fourth-order valence-electron chi connectivity index (χ4n) is 3.22. The Bertz CT molecular complexity index is 743. The lowest BCUT2D eigenvalue weighted by atomic mass is 10.0. The van der Waals surface area contributed by atoms with Crippen molar-refractivity contribution in [2.24, 2.45) is 5.92 Å². The molecule has 0 bridgehead atoms. The van der Waals surface area contributed by atoms with E-state index in [-0.39, 0.29) is 17.2 Å². The molecule has 0 spiro atoms. The first-order valence-electron chi connectivity index (χ1n) is 9.30. The third-order valence-corrected chi connectivity index (χ3v) is 6.40. The first-order chi connectivity index (χ1) is 12.6. The van der Waals surface area contributed by atoms with E-state index >= 15 is 0 Å². The highest BCUT2D eigenvalue weighted by molar-refractivity contribution is 7.92. The van der Waals surface area contributed by atoms with Gasteiger partial charge >= 0.3 is 0 Å². The first kappa shape index (κ1) is 21.5. The van der Waals surface area contributed by atoms with Crippen LogP contribution in [0.1, 0.15) is 33.6 Å². The van der Waals surface area contributed by atoms with Crippen LogP contribution in [0.4, 0.5) is 5.69 Å². The summed E-state index contributed by atoms with van der Waals surface area (Å²) >= 11 is 0. The van der Waals surface area contributed by atoms with Crippen LogP contribution in [0, 0.1) is 5.92 Å². The van der Waals surface area contributed by atoms with E-state index in [0.29, 0.717) is 18.0 Å². The summed E-state index contributed by atoms with van der Waals surface area (Å²) in [7, 11) is -2.13. The van der Waals surface area contributed by atoms with Crippen molar-refractivity contribution in [3.8, 4) is 5.75 Å². The highest BCUT2D eigenvalue weighted by Gasteiger charge is 2.30. The Morgan fingerprint density at radius 1 is 1.30 bits per heavy atom. The predicted octanol–water partition coefficient (Wildman–Crippen LogP) is 2.06. The normalized spacial score (nSPS) is 16.7. The summed E-state index contributed by atoms with van der Waals surface area (Å²) in [4.78, 5) is 14.8. The Labute approximate surface area is 162 Å². The molecule has 2 N–H and O–H groups in total. The first-order valence-corrected chi connectivity index (χ1v) is 11.0. The highest BCUT2D eigenvalue weighted by atomic mass is 32.2. The van der Waals surface area contributed by atoms with Gasteiger partial charge in [-0.1, -0.05) is 13.0 Å². The highest BCUT2D eigenvalue weighted by Crippen LogP contribution is 2.21. The average molecular weight is 398 g/mol. The van der Waals surface area contributed by atoms with E-state index in [1.165, 1.54) is 20.0 Å². The number of sulfonamides is 1. The molecule has 1 atom stereocenters. The molecule has 152 valence electrons. The number of hydrogen-bond donors (Lipinski definition) is 2. The molecule has 1 aliphatic heterocycles. The number of rotatable bonds is 9. The van der Waals surface area contributed by atoms with Crippen molar-refractivity contribution in [1.82, 2.24) is 10.2 Å². The summed E-state index contributed by atoms with van der Waals surface area (Å²) in [5.74, 6) is -0.619. The molecule has 1 aromatic rings. The van der Waals surface area contributed by atoms with Crippen LogP contribution in [0.2, 0.25) is 0 Å². The molecule has 0 aliphatic carbocycles. The minimum atomic E-state index is -3.65. The molecule has 2 rings (SSSR count). The molecule has 1 aromatic carbocycles. The van der Waals surface area contributed by atoms with Gasteiger partial charge in [-0.15, -0.1) is 0 Å². The van der Waals surface area contributed by atoms with Gasteiger partial charge in [0.05, 0.1) is 24.5 Å². The number of methoxy groups -OCH3 is 1. The number of carbonyl (C=O) groups excluding carboxylic acids is 1. The maximum absolute atomic E-state index is 12.4. The van der Waals surface area contributed by atoms with Crippen molar-refractivity contribution in [1.29, 1.82) is 0 Å². The largest absolute Gasteiger partial charge is 0.497 e. The van der Waals surface area contributed by atoms with E-state index in [4.69, 9.17) is 4.74 Å². The van der Waals surface area contributed by atoms with Crippen molar-refractivity contribution < 1.29 is 17.9 Å². The van der Waals surface area contributed by atoms with Crippen molar-refractivity contribution in [3.63, 3.8) is 0 Å². The minimum Gasteiger partial charge on any atom is -0.497 e. The van der Waals surface area contributed by atoms with Gasteiger partial charge in [-0.05, 0) is 51.9 Å². The fourth-order valence-corrected chi connectivity index (χ4v) is 4.60. The average Bonchev–Trinajstić information content (AvgIpc) is 3.14. The number of carbonyl (C=O) groups is 1. The summed E-state index contributed by atoms with van der Waals surface area (Å²) in [6.07, 6.45) is 2.37. The minimum absolute atomic E-state index is 0.135. The number of amides is 1. The van der Waals surface area contributed by atoms with E-state index < -0.39 is 15.9 Å². The summed E-state index contributed by atoms with van der Waals surface area (Å²) in [5, 5.41) is 2.91. The molecule has 0 radical (unpaired) electrons. The Balaban J connectivity index is 1.88. The maximum atomic E-state index is 12.4. The zero-order valence-electron chi connectivity index (χ0n) is 16.6. The zero-order chi connectivity index (χ0) is 20.1. The van der Waals surface area contributed by atoms with Gasteiger partial charge in [-0.2, -0.15) is 0 Å². The van der Waals surface area contributed by atoms with E-state index in [2.05, 4.69) is 28.8 Å². The SMILES string of the molecule is COc1cccc(NS(=O)(=O)CC(C)C(=O)NCC(C)(C)N2CCCC2)c1. The van der Waals surface area contributed by atoms with Gasteiger partial charge in [0.1, 0.15) is 5.75 Å². The summed E-state index contributed by atoms with van der Waals surface area (Å²) in [5.41, 5.74) is 0.279. The van der Waals surface area contributed by atoms with Gasteiger partial charge in [0.25, 0.3) is 0 Å². The standard InChI is InChI=1S/C19H31N3O4S/c1-15(18(23)20-14-19(2,3)22-10-5-6-11-22)13-27(24,25)21-16-8-7-9-17(12-16)26-4/h7-9,12,15,21H,5-6,10-11,13-14H2,1-4H3,(H,20,23). The molecule has 0 saturated carbocycles. The molecular formula is C19H31N3O4S. The van der Waals surface area contributed by atoms with Gasteiger partial charge in [0, 0.05) is 18.2 Å².